The van der Waals surface area contributed by atoms with Gasteiger partial charge in [0, 0.05) is 19.1 Å². The van der Waals surface area contributed by atoms with E-state index in [9.17, 15) is 5.11 Å². The summed E-state index contributed by atoms with van der Waals surface area (Å²) in [5.74, 6) is 0.316. The molecule has 106 valence electrons. The lowest BCUT2D eigenvalue weighted by Crippen LogP contribution is -2.52. The third kappa shape index (κ3) is 3.93. The van der Waals surface area contributed by atoms with Crippen LogP contribution in [0.15, 0.2) is 24.3 Å². The minimum Gasteiger partial charge on any atom is -0.508 e. The topological polar surface area (TPSA) is 44.7 Å². The Kier molecular flexibility index (Phi) is 5.19. The molecule has 0 aliphatic carbocycles. The van der Waals surface area contributed by atoms with Crippen LogP contribution in [0.2, 0.25) is 0 Å². The number of aromatic hydroxyl groups is 1. The molecule has 4 nitrogen and oxygen atoms in total. The Labute approximate surface area is 115 Å². The van der Waals surface area contributed by atoms with Crippen molar-refractivity contribution in [2.75, 3.05) is 33.3 Å². The van der Waals surface area contributed by atoms with Crippen molar-refractivity contribution in [2.45, 2.75) is 25.5 Å². The Morgan fingerprint density at radius 1 is 1.42 bits per heavy atom. The van der Waals surface area contributed by atoms with Crippen LogP contribution in [0, 0.1) is 0 Å². The van der Waals surface area contributed by atoms with E-state index in [0.29, 0.717) is 11.8 Å². The lowest BCUT2D eigenvalue weighted by molar-refractivity contribution is -0.0436. The number of phenolic OH excluding ortho intramolecular Hbond substituents is 1. The molecule has 1 aliphatic heterocycles. The van der Waals surface area contributed by atoms with Gasteiger partial charge in [0.15, 0.2) is 0 Å². The van der Waals surface area contributed by atoms with Gasteiger partial charge in [-0.15, -0.1) is 0 Å². The molecule has 2 N–H and O–H groups in total. The van der Waals surface area contributed by atoms with Gasteiger partial charge in [0.25, 0.3) is 0 Å². The van der Waals surface area contributed by atoms with Crippen LogP contribution < -0.4 is 5.32 Å². The molecule has 2 atom stereocenters. The first-order valence-electron chi connectivity index (χ1n) is 7.02. The second-order valence-electron chi connectivity index (χ2n) is 5.07. The minimum atomic E-state index is 0.229. The highest BCUT2D eigenvalue weighted by atomic mass is 16.5. The first-order valence-corrected chi connectivity index (χ1v) is 7.02. The van der Waals surface area contributed by atoms with Gasteiger partial charge in [0.05, 0.1) is 12.7 Å². The third-order valence-electron chi connectivity index (χ3n) is 3.84. The monoisotopic (exact) mass is 264 g/mol. The van der Waals surface area contributed by atoms with Gasteiger partial charge in [-0.2, -0.15) is 0 Å². The standard InChI is InChI=1S/C15H24N2O2/c1-3-17-8-9-19-15(11-17)14(16-2)10-12-4-6-13(18)7-5-12/h4-7,14-16,18H,3,8-11H2,1-2H3. The molecule has 1 fully saturated rings. The molecule has 0 spiro atoms. The molecule has 0 aromatic heterocycles. The van der Waals surface area contributed by atoms with Crippen molar-refractivity contribution in [3.8, 4) is 5.75 Å². The Hall–Kier alpha value is -1.10. The zero-order chi connectivity index (χ0) is 13.7. The smallest absolute Gasteiger partial charge is 0.115 e. The fraction of sp³-hybridized carbons (Fsp3) is 0.600. The molecular formula is C15H24N2O2. The molecular weight excluding hydrogens is 240 g/mol. The number of likely N-dealkylation sites (N-methyl/N-ethyl adjacent to an activating group) is 2. The summed E-state index contributed by atoms with van der Waals surface area (Å²) in [5, 5.41) is 12.7. The maximum absolute atomic E-state index is 9.32. The maximum Gasteiger partial charge on any atom is 0.115 e. The van der Waals surface area contributed by atoms with Crippen LogP contribution in [0.5, 0.6) is 5.75 Å². The van der Waals surface area contributed by atoms with Crippen LogP contribution in [-0.2, 0) is 11.2 Å². The van der Waals surface area contributed by atoms with Crippen molar-refractivity contribution in [1.82, 2.24) is 10.2 Å². The second kappa shape index (κ2) is 6.89. The van der Waals surface area contributed by atoms with Crippen molar-refractivity contribution < 1.29 is 9.84 Å². The van der Waals surface area contributed by atoms with E-state index in [4.69, 9.17) is 4.74 Å². The quantitative estimate of drug-likeness (QED) is 0.840. The van der Waals surface area contributed by atoms with Crippen LogP contribution >= 0.6 is 0 Å². The summed E-state index contributed by atoms with van der Waals surface area (Å²) in [6.45, 7) is 6.10. The van der Waals surface area contributed by atoms with Gasteiger partial charge in [0.2, 0.25) is 0 Å². The number of nitrogens with one attached hydrogen (secondary N) is 1. The number of phenols is 1. The molecule has 19 heavy (non-hydrogen) atoms. The van der Waals surface area contributed by atoms with Crippen LogP contribution in [0.1, 0.15) is 12.5 Å². The van der Waals surface area contributed by atoms with Gasteiger partial charge >= 0.3 is 0 Å². The van der Waals surface area contributed by atoms with Gasteiger partial charge in [-0.25, -0.2) is 0 Å². The molecule has 1 heterocycles. The van der Waals surface area contributed by atoms with Gasteiger partial charge in [-0.05, 0) is 37.7 Å². The molecule has 2 rings (SSSR count). The van der Waals surface area contributed by atoms with Crippen molar-refractivity contribution in [1.29, 1.82) is 0 Å². The van der Waals surface area contributed by atoms with Crippen LogP contribution in [0.3, 0.4) is 0 Å². The van der Waals surface area contributed by atoms with E-state index in [1.54, 1.807) is 12.1 Å². The Morgan fingerprint density at radius 3 is 2.79 bits per heavy atom. The maximum atomic E-state index is 9.32. The average molecular weight is 264 g/mol. The summed E-state index contributed by atoms with van der Waals surface area (Å²) in [7, 11) is 1.99. The number of nitrogens with zero attached hydrogens (tertiary/aromatic N) is 1. The molecule has 0 radical (unpaired) electrons. The fourth-order valence-electron chi connectivity index (χ4n) is 2.57. The molecule has 1 aliphatic rings. The molecule has 0 amide bonds. The fourth-order valence-corrected chi connectivity index (χ4v) is 2.57. The second-order valence-corrected chi connectivity index (χ2v) is 5.07. The molecule has 4 heteroatoms. The zero-order valence-electron chi connectivity index (χ0n) is 11.8. The number of morpholine rings is 1. The van der Waals surface area contributed by atoms with E-state index in [-0.39, 0.29) is 6.10 Å². The highest BCUT2D eigenvalue weighted by Gasteiger charge is 2.26. The zero-order valence-corrected chi connectivity index (χ0v) is 11.8. The Morgan fingerprint density at radius 2 is 2.16 bits per heavy atom. The lowest BCUT2D eigenvalue weighted by atomic mass is 10.00. The largest absolute Gasteiger partial charge is 0.508 e. The van der Waals surface area contributed by atoms with E-state index < -0.39 is 0 Å². The average Bonchev–Trinajstić information content (AvgIpc) is 2.46. The van der Waals surface area contributed by atoms with E-state index in [0.717, 1.165) is 32.7 Å². The van der Waals surface area contributed by atoms with Crippen molar-refractivity contribution in [2.24, 2.45) is 0 Å². The summed E-state index contributed by atoms with van der Waals surface area (Å²) in [5.41, 5.74) is 1.22. The minimum absolute atomic E-state index is 0.229. The van der Waals surface area contributed by atoms with Crippen molar-refractivity contribution >= 4 is 0 Å². The van der Waals surface area contributed by atoms with Crippen LogP contribution in [0.4, 0.5) is 0 Å². The molecule has 0 bridgehead atoms. The SMILES string of the molecule is CCN1CCOC(C(Cc2ccc(O)cc2)NC)C1. The van der Waals surface area contributed by atoms with E-state index in [1.165, 1.54) is 5.56 Å². The van der Waals surface area contributed by atoms with E-state index >= 15 is 0 Å². The summed E-state index contributed by atoms with van der Waals surface area (Å²) in [6.07, 6.45) is 1.14. The highest BCUT2D eigenvalue weighted by molar-refractivity contribution is 5.26. The predicted molar refractivity (Wildman–Crippen MR) is 76.5 cm³/mol. The van der Waals surface area contributed by atoms with Crippen molar-refractivity contribution in [3.05, 3.63) is 29.8 Å². The van der Waals surface area contributed by atoms with E-state index in [2.05, 4.69) is 17.1 Å². The van der Waals surface area contributed by atoms with Crippen LogP contribution in [0.25, 0.3) is 0 Å². The summed E-state index contributed by atoms with van der Waals surface area (Å²) in [4.78, 5) is 2.43. The number of benzene rings is 1. The van der Waals surface area contributed by atoms with Gasteiger partial charge in [-0.1, -0.05) is 19.1 Å². The molecule has 1 saturated heterocycles. The first-order chi connectivity index (χ1) is 9.22. The first kappa shape index (κ1) is 14.3. The number of rotatable bonds is 5. The van der Waals surface area contributed by atoms with Gasteiger partial charge < -0.3 is 15.2 Å². The normalized spacial score (nSPS) is 22.3. The Balaban J connectivity index is 1.97. The third-order valence-corrected chi connectivity index (χ3v) is 3.84. The lowest BCUT2D eigenvalue weighted by Gasteiger charge is -2.36. The summed E-state index contributed by atoms with van der Waals surface area (Å²) in [6, 6.07) is 7.73. The van der Waals surface area contributed by atoms with Gasteiger partial charge in [-0.3, -0.25) is 4.90 Å². The highest BCUT2D eigenvalue weighted by Crippen LogP contribution is 2.15. The molecule has 1 aromatic carbocycles. The molecule has 2 unspecified atom stereocenters. The van der Waals surface area contributed by atoms with Crippen molar-refractivity contribution in [3.63, 3.8) is 0 Å². The van der Waals surface area contributed by atoms with E-state index in [1.807, 2.05) is 19.2 Å². The molecule has 1 aromatic rings. The molecule has 0 saturated carbocycles. The Bertz CT molecular complexity index is 380. The number of hydrogen-bond acceptors (Lipinski definition) is 4. The predicted octanol–water partition coefficient (Wildman–Crippen LogP) is 1.24. The van der Waals surface area contributed by atoms with Crippen LogP contribution in [-0.4, -0.2) is 55.4 Å². The number of ether oxygens (including phenoxy) is 1. The summed E-state index contributed by atoms with van der Waals surface area (Å²) >= 11 is 0. The number of hydrogen-bond donors (Lipinski definition) is 2. The van der Waals surface area contributed by atoms with Gasteiger partial charge in [0.1, 0.15) is 5.75 Å². The summed E-state index contributed by atoms with van der Waals surface area (Å²) < 4.78 is 5.91.